The van der Waals surface area contributed by atoms with Crippen molar-refractivity contribution in [3.8, 4) is 17.5 Å². The van der Waals surface area contributed by atoms with E-state index in [0.717, 1.165) is 24.4 Å². The molecule has 1 atom stereocenters. The maximum atomic E-state index is 9.08. The number of hydrogen-bond donors (Lipinski definition) is 1. The van der Waals surface area contributed by atoms with Crippen molar-refractivity contribution in [2.45, 2.75) is 38.3 Å². The lowest BCUT2D eigenvalue weighted by atomic mass is 9.93. The average Bonchev–Trinajstić information content (AvgIpc) is 2.96. The number of nitrogens with two attached hydrogens (primary N) is 1. The quantitative estimate of drug-likeness (QED) is 0.875. The van der Waals surface area contributed by atoms with Gasteiger partial charge < -0.3 is 10.3 Å². The highest BCUT2D eigenvalue weighted by molar-refractivity contribution is 5.55. The Bertz CT molecular complexity index is 582. The molecule has 0 saturated carbocycles. The van der Waals surface area contributed by atoms with Crippen LogP contribution in [-0.2, 0) is 6.54 Å². The zero-order chi connectivity index (χ0) is 14.4. The molecular formula is C16H20N4. The van der Waals surface area contributed by atoms with Gasteiger partial charge in [-0.05, 0) is 19.3 Å². The molecule has 2 rings (SSSR count). The van der Waals surface area contributed by atoms with Crippen LogP contribution in [0, 0.1) is 11.3 Å². The molecule has 4 nitrogen and oxygen atoms in total. The summed E-state index contributed by atoms with van der Waals surface area (Å²) in [5, 5.41) is 9.08. The van der Waals surface area contributed by atoms with Crippen molar-refractivity contribution >= 4 is 0 Å². The summed E-state index contributed by atoms with van der Waals surface area (Å²) in [4.78, 5) is 4.41. The first kappa shape index (κ1) is 14.3. The highest BCUT2D eigenvalue weighted by Crippen LogP contribution is 2.19. The molecule has 0 fully saturated rings. The van der Waals surface area contributed by atoms with Crippen LogP contribution in [0.2, 0.25) is 0 Å². The van der Waals surface area contributed by atoms with E-state index in [-0.39, 0.29) is 0 Å². The van der Waals surface area contributed by atoms with Crippen LogP contribution < -0.4 is 5.73 Å². The zero-order valence-corrected chi connectivity index (χ0v) is 11.8. The Balaban J connectivity index is 2.02. The fourth-order valence-corrected chi connectivity index (χ4v) is 2.21. The minimum Gasteiger partial charge on any atom is -0.331 e. The molecule has 0 radical (unpaired) electrons. The lowest BCUT2D eigenvalue weighted by Gasteiger charge is -2.19. The van der Waals surface area contributed by atoms with E-state index in [9.17, 15) is 0 Å². The van der Waals surface area contributed by atoms with E-state index in [4.69, 9.17) is 11.0 Å². The Morgan fingerprint density at radius 3 is 2.75 bits per heavy atom. The molecule has 0 aliphatic rings. The van der Waals surface area contributed by atoms with Crippen LogP contribution in [0.4, 0.5) is 0 Å². The molecule has 1 unspecified atom stereocenters. The molecule has 0 bridgehead atoms. The Hall–Kier alpha value is -2.12. The third-order valence-electron chi connectivity index (χ3n) is 3.62. The van der Waals surface area contributed by atoms with E-state index in [2.05, 4.69) is 15.6 Å². The Morgan fingerprint density at radius 1 is 1.35 bits per heavy atom. The van der Waals surface area contributed by atoms with Gasteiger partial charge in [0.1, 0.15) is 11.4 Å². The van der Waals surface area contributed by atoms with Gasteiger partial charge in [0, 0.05) is 24.5 Å². The van der Waals surface area contributed by atoms with Gasteiger partial charge in [-0.2, -0.15) is 5.26 Å². The van der Waals surface area contributed by atoms with Crippen LogP contribution in [0.15, 0.2) is 42.7 Å². The molecule has 4 heteroatoms. The third-order valence-corrected chi connectivity index (χ3v) is 3.62. The maximum absolute atomic E-state index is 9.08. The summed E-state index contributed by atoms with van der Waals surface area (Å²) in [6, 6.07) is 12.3. The number of imidazole rings is 1. The summed E-state index contributed by atoms with van der Waals surface area (Å²) >= 11 is 0. The first-order valence-corrected chi connectivity index (χ1v) is 6.95. The van der Waals surface area contributed by atoms with Gasteiger partial charge >= 0.3 is 0 Å². The lowest BCUT2D eigenvalue weighted by Crippen LogP contribution is -2.37. The molecule has 0 amide bonds. The molecule has 1 aromatic carbocycles. The fourth-order valence-electron chi connectivity index (χ4n) is 2.21. The van der Waals surface area contributed by atoms with Crippen LogP contribution in [0.25, 0.3) is 11.4 Å². The number of nitriles is 1. The topological polar surface area (TPSA) is 67.6 Å². The summed E-state index contributed by atoms with van der Waals surface area (Å²) in [5.74, 6) is 0.960. The molecule has 1 heterocycles. The van der Waals surface area contributed by atoms with Crippen molar-refractivity contribution < 1.29 is 0 Å². The first-order chi connectivity index (χ1) is 9.68. The zero-order valence-electron chi connectivity index (χ0n) is 11.8. The van der Waals surface area contributed by atoms with E-state index < -0.39 is 5.54 Å². The smallest absolute Gasteiger partial charge is 0.139 e. The van der Waals surface area contributed by atoms with Gasteiger partial charge in [-0.15, -0.1) is 0 Å². The van der Waals surface area contributed by atoms with Crippen molar-refractivity contribution in [2.24, 2.45) is 5.73 Å². The Labute approximate surface area is 119 Å². The Morgan fingerprint density at radius 2 is 2.10 bits per heavy atom. The molecule has 104 valence electrons. The van der Waals surface area contributed by atoms with Gasteiger partial charge in [0.2, 0.25) is 0 Å². The van der Waals surface area contributed by atoms with Crippen molar-refractivity contribution in [2.75, 3.05) is 0 Å². The number of hydrogen-bond acceptors (Lipinski definition) is 3. The summed E-state index contributed by atoms with van der Waals surface area (Å²) in [5.41, 5.74) is 6.40. The van der Waals surface area contributed by atoms with E-state index in [0.29, 0.717) is 12.8 Å². The van der Waals surface area contributed by atoms with Crippen LogP contribution in [-0.4, -0.2) is 15.1 Å². The van der Waals surface area contributed by atoms with Crippen LogP contribution in [0.1, 0.15) is 26.2 Å². The number of nitrogens with zero attached hydrogens (tertiary/aromatic N) is 3. The van der Waals surface area contributed by atoms with E-state index >= 15 is 0 Å². The first-order valence-electron chi connectivity index (χ1n) is 6.95. The molecule has 0 saturated heterocycles. The highest BCUT2D eigenvalue weighted by atomic mass is 15.1. The molecule has 0 aliphatic heterocycles. The third kappa shape index (κ3) is 3.25. The molecule has 20 heavy (non-hydrogen) atoms. The second-order valence-electron chi connectivity index (χ2n) is 5.04. The molecule has 1 aromatic heterocycles. The van der Waals surface area contributed by atoms with Gasteiger partial charge in [-0.3, -0.25) is 0 Å². The minimum absolute atomic E-state index is 0.680. The summed E-state index contributed by atoms with van der Waals surface area (Å²) in [7, 11) is 0. The standard InChI is InChI=1S/C16H20N4/c1-2-16(18,13-17)9-6-11-20-12-10-19-15(20)14-7-4-3-5-8-14/h3-5,7-8,10,12H,2,6,9,11,18H2,1H3. The van der Waals surface area contributed by atoms with Gasteiger partial charge in [0.25, 0.3) is 0 Å². The van der Waals surface area contributed by atoms with Gasteiger partial charge in [0.05, 0.1) is 6.07 Å². The van der Waals surface area contributed by atoms with Gasteiger partial charge in [-0.25, -0.2) is 4.98 Å². The van der Waals surface area contributed by atoms with Crippen LogP contribution in [0.3, 0.4) is 0 Å². The van der Waals surface area contributed by atoms with Gasteiger partial charge in [-0.1, -0.05) is 37.3 Å². The monoisotopic (exact) mass is 268 g/mol. The van der Waals surface area contributed by atoms with E-state index in [1.165, 1.54) is 0 Å². The fraction of sp³-hybridized carbons (Fsp3) is 0.375. The van der Waals surface area contributed by atoms with Crippen LogP contribution >= 0.6 is 0 Å². The number of aromatic nitrogens is 2. The normalized spacial score (nSPS) is 13.7. The van der Waals surface area contributed by atoms with Crippen molar-refractivity contribution in [3.05, 3.63) is 42.7 Å². The van der Waals surface area contributed by atoms with E-state index in [1.807, 2.05) is 49.6 Å². The number of aryl methyl sites for hydroxylation is 1. The largest absolute Gasteiger partial charge is 0.331 e. The summed E-state index contributed by atoms with van der Waals surface area (Å²) < 4.78 is 2.11. The maximum Gasteiger partial charge on any atom is 0.139 e. The molecule has 2 aromatic rings. The SMILES string of the molecule is CCC(N)(C#N)CCCn1ccnc1-c1ccccc1. The van der Waals surface area contributed by atoms with Crippen molar-refractivity contribution in [1.29, 1.82) is 5.26 Å². The minimum atomic E-state index is -0.701. The summed E-state index contributed by atoms with van der Waals surface area (Å²) in [6.45, 7) is 2.78. The molecule has 2 N–H and O–H groups in total. The predicted molar refractivity (Wildman–Crippen MR) is 79.7 cm³/mol. The second-order valence-corrected chi connectivity index (χ2v) is 5.04. The average molecular weight is 268 g/mol. The molecular weight excluding hydrogens is 248 g/mol. The second kappa shape index (κ2) is 6.36. The Kier molecular flexibility index (Phi) is 4.54. The van der Waals surface area contributed by atoms with E-state index in [1.54, 1.807) is 0 Å². The number of benzene rings is 1. The number of rotatable bonds is 6. The highest BCUT2D eigenvalue weighted by Gasteiger charge is 2.21. The summed E-state index contributed by atoms with van der Waals surface area (Å²) in [6.07, 6.45) is 6.03. The molecule has 0 spiro atoms. The lowest BCUT2D eigenvalue weighted by molar-refractivity contribution is 0.445. The van der Waals surface area contributed by atoms with Crippen molar-refractivity contribution in [1.82, 2.24) is 9.55 Å². The predicted octanol–water partition coefficient (Wildman–Crippen LogP) is 2.96. The van der Waals surface area contributed by atoms with Crippen molar-refractivity contribution in [3.63, 3.8) is 0 Å². The van der Waals surface area contributed by atoms with Gasteiger partial charge in [0.15, 0.2) is 0 Å². The van der Waals surface area contributed by atoms with Crippen LogP contribution in [0.5, 0.6) is 0 Å². The molecule has 0 aliphatic carbocycles.